The van der Waals surface area contributed by atoms with Gasteiger partial charge in [0.1, 0.15) is 0 Å². The molecule has 0 aliphatic heterocycles. The first-order valence-electron chi connectivity index (χ1n) is 5.81. The molecule has 0 saturated heterocycles. The Balaban J connectivity index is 3.30. The second-order valence-corrected chi connectivity index (χ2v) is 5.83. The first-order chi connectivity index (χ1) is 7.50. The van der Waals surface area contributed by atoms with Crippen LogP contribution in [0.3, 0.4) is 0 Å². The van der Waals surface area contributed by atoms with Crippen molar-refractivity contribution >= 4 is 17.7 Å². The Morgan fingerprint density at radius 3 is 2.44 bits per heavy atom. The van der Waals surface area contributed by atoms with Gasteiger partial charge in [0.25, 0.3) is 0 Å². The number of rotatable bonds is 10. The van der Waals surface area contributed by atoms with E-state index in [1.807, 2.05) is 11.8 Å². The summed E-state index contributed by atoms with van der Waals surface area (Å²) in [7, 11) is 1.72. The summed E-state index contributed by atoms with van der Waals surface area (Å²) in [6.45, 7) is 4.42. The number of unbranched alkanes of at least 4 members (excludes halogenated alkanes) is 1. The highest BCUT2D eigenvalue weighted by Gasteiger charge is 2.25. The molecule has 0 rings (SSSR count). The van der Waals surface area contributed by atoms with Crippen LogP contribution in [0.1, 0.15) is 39.5 Å². The van der Waals surface area contributed by atoms with Crippen LogP contribution in [0.15, 0.2) is 0 Å². The lowest BCUT2D eigenvalue weighted by molar-refractivity contribution is -0.147. The molecule has 3 nitrogen and oxygen atoms in total. The predicted molar refractivity (Wildman–Crippen MR) is 69.1 cm³/mol. The third kappa shape index (κ3) is 7.99. The van der Waals surface area contributed by atoms with Gasteiger partial charge in [0, 0.05) is 13.7 Å². The second-order valence-electron chi connectivity index (χ2n) is 4.60. The van der Waals surface area contributed by atoms with Crippen LogP contribution in [0.25, 0.3) is 0 Å². The fourth-order valence-corrected chi connectivity index (χ4v) is 2.22. The Morgan fingerprint density at radius 1 is 1.25 bits per heavy atom. The van der Waals surface area contributed by atoms with E-state index in [2.05, 4.69) is 0 Å². The fraction of sp³-hybridized carbons (Fsp3) is 0.917. The molecule has 0 aliphatic rings. The van der Waals surface area contributed by atoms with E-state index in [0.29, 0.717) is 0 Å². The zero-order valence-corrected chi connectivity index (χ0v) is 11.4. The number of hydrogen-bond acceptors (Lipinski definition) is 3. The van der Waals surface area contributed by atoms with Crippen molar-refractivity contribution in [2.45, 2.75) is 39.5 Å². The van der Waals surface area contributed by atoms with E-state index in [-0.39, 0.29) is 0 Å². The minimum Gasteiger partial charge on any atom is -0.481 e. The number of carboxylic acids is 1. The molecule has 0 aliphatic carbocycles. The Bertz CT molecular complexity index is 193. The van der Waals surface area contributed by atoms with Gasteiger partial charge in [0.15, 0.2) is 0 Å². The Hall–Kier alpha value is -0.220. The zero-order valence-electron chi connectivity index (χ0n) is 10.6. The zero-order chi connectivity index (χ0) is 12.4. The van der Waals surface area contributed by atoms with Gasteiger partial charge in [-0.3, -0.25) is 4.79 Å². The maximum absolute atomic E-state index is 10.8. The standard InChI is InChI=1S/C12H24O3S/c1-12(2,11(13)14)7-4-5-9-16-10-6-8-15-3/h4-10H2,1-3H3,(H,13,14). The summed E-state index contributed by atoms with van der Waals surface area (Å²) in [4.78, 5) is 10.8. The number of methoxy groups -OCH3 is 1. The van der Waals surface area contributed by atoms with Crippen molar-refractivity contribution in [2.24, 2.45) is 5.41 Å². The van der Waals surface area contributed by atoms with Gasteiger partial charge in [-0.2, -0.15) is 11.8 Å². The van der Waals surface area contributed by atoms with Crippen LogP contribution >= 0.6 is 11.8 Å². The maximum Gasteiger partial charge on any atom is 0.309 e. The van der Waals surface area contributed by atoms with Gasteiger partial charge in [-0.25, -0.2) is 0 Å². The minimum atomic E-state index is -0.694. The van der Waals surface area contributed by atoms with Gasteiger partial charge in [-0.1, -0.05) is 6.42 Å². The summed E-state index contributed by atoms with van der Waals surface area (Å²) in [5.74, 6) is 1.57. The van der Waals surface area contributed by atoms with Gasteiger partial charge < -0.3 is 9.84 Å². The third-order valence-corrected chi connectivity index (χ3v) is 3.71. The second kappa shape index (κ2) is 8.88. The highest BCUT2D eigenvalue weighted by atomic mass is 32.2. The highest BCUT2D eigenvalue weighted by molar-refractivity contribution is 7.99. The Labute approximate surface area is 103 Å². The molecule has 0 heterocycles. The largest absolute Gasteiger partial charge is 0.481 e. The summed E-state index contributed by atoms with van der Waals surface area (Å²) in [5.41, 5.74) is -0.569. The first kappa shape index (κ1) is 15.8. The lowest BCUT2D eigenvalue weighted by Crippen LogP contribution is -2.23. The van der Waals surface area contributed by atoms with Crippen LogP contribution in [-0.2, 0) is 9.53 Å². The van der Waals surface area contributed by atoms with E-state index in [1.165, 1.54) is 0 Å². The van der Waals surface area contributed by atoms with Gasteiger partial charge >= 0.3 is 5.97 Å². The summed E-state index contributed by atoms with van der Waals surface area (Å²) >= 11 is 1.92. The van der Waals surface area contributed by atoms with Gasteiger partial charge in [-0.05, 0) is 44.6 Å². The van der Waals surface area contributed by atoms with Crippen LogP contribution in [0.2, 0.25) is 0 Å². The molecule has 0 fully saturated rings. The topological polar surface area (TPSA) is 46.5 Å². The average molecular weight is 248 g/mol. The SMILES string of the molecule is COCCCSCCCCC(C)(C)C(=O)O. The molecular formula is C12H24O3S. The molecule has 0 amide bonds. The molecular weight excluding hydrogens is 224 g/mol. The molecule has 0 atom stereocenters. The van der Waals surface area contributed by atoms with E-state index in [9.17, 15) is 4.79 Å². The molecule has 96 valence electrons. The summed E-state index contributed by atoms with van der Waals surface area (Å²) in [6.07, 6.45) is 3.97. The fourth-order valence-electron chi connectivity index (χ4n) is 1.29. The molecule has 0 aromatic heterocycles. The molecule has 0 aromatic rings. The maximum atomic E-state index is 10.8. The van der Waals surface area contributed by atoms with Crippen LogP contribution < -0.4 is 0 Å². The molecule has 0 bridgehead atoms. The molecule has 1 N–H and O–H groups in total. The van der Waals surface area contributed by atoms with Crippen molar-refractivity contribution in [3.8, 4) is 0 Å². The van der Waals surface area contributed by atoms with Crippen molar-refractivity contribution in [3.05, 3.63) is 0 Å². The lowest BCUT2D eigenvalue weighted by atomic mass is 9.88. The smallest absolute Gasteiger partial charge is 0.309 e. The van der Waals surface area contributed by atoms with Crippen molar-refractivity contribution in [2.75, 3.05) is 25.2 Å². The monoisotopic (exact) mass is 248 g/mol. The van der Waals surface area contributed by atoms with Gasteiger partial charge in [-0.15, -0.1) is 0 Å². The van der Waals surface area contributed by atoms with Crippen LogP contribution in [0.5, 0.6) is 0 Å². The first-order valence-corrected chi connectivity index (χ1v) is 6.96. The third-order valence-electron chi connectivity index (χ3n) is 2.56. The Kier molecular flexibility index (Phi) is 8.76. The van der Waals surface area contributed by atoms with Crippen LogP contribution in [0, 0.1) is 5.41 Å². The quantitative estimate of drug-likeness (QED) is 0.604. The molecule has 16 heavy (non-hydrogen) atoms. The van der Waals surface area contributed by atoms with Crippen molar-refractivity contribution in [1.82, 2.24) is 0 Å². The molecule has 0 saturated carbocycles. The average Bonchev–Trinajstić information content (AvgIpc) is 2.21. The van der Waals surface area contributed by atoms with E-state index in [1.54, 1.807) is 21.0 Å². The Morgan fingerprint density at radius 2 is 1.88 bits per heavy atom. The summed E-state index contributed by atoms with van der Waals surface area (Å²) in [5, 5.41) is 8.92. The predicted octanol–water partition coefficient (Wildman–Crippen LogP) is 3.04. The minimum absolute atomic E-state index is 0.569. The van der Waals surface area contributed by atoms with Crippen molar-refractivity contribution < 1.29 is 14.6 Å². The van der Waals surface area contributed by atoms with E-state index < -0.39 is 11.4 Å². The van der Waals surface area contributed by atoms with Crippen molar-refractivity contribution in [3.63, 3.8) is 0 Å². The van der Waals surface area contributed by atoms with E-state index in [4.69, 9.17) is 9.84 Å². The normalized spacial score (nSPS) is 11.7. The number of aliphatic carboxylic acids is 1. The number of carboxylic acid groups (broad SMARTS) is 1. The highest BCUT2D eigenvalue weighted by Crippen LogP contribution is 2.23. The van der Waals surface area contributed by atoms with Crippen molar-refractivity contribution in [1.29, 1.82) is 0 Å². The summed E-state index contributed by atoms with van der Waals surface area (Å²) in [6, 6.07) is 0. The number of ether oxygens (including phenoxy) is 1. The molecule has 0 radical (unpaired) electrons. The van der Waals surface area contributed by atoms with Crippen LogP contribution in [0.4, 0.5) is 0 Å². The molecule has 0 spiro atoms. The molecule has 0 unspecified atom stereocenters. The summed E-state index contributed by atoms with van der Waals surface area (Å²) < 4.78 is 4.96. The van der Waals surface area contributed by atoms with E-state index in [0.717, 1.165) is 43.8 Å². The number of thioether (sulfide) groups is 1. The molecule has 4 heteroatoms. The molecule has 0 aromatic carbocycles. The van der Waals surface area contributed by atoms with Crippen LogP contribution in [-0.4, -0.2) is 36.3 Å². The van der Waals surface area contributed by atoms with Gasteiger partial charge in [0.05, 0.1) is 5.41 Å². The van der Waals surface area contributed by atoms with Gasteiger partial charge in [0.2, 0.25) is 0 Å². The number of hydrogen-bond donors (Lipinski definition) is 1. The van der Waals surface area contributed by atoms with E-state index >= 15 is 0 Å². The number of carbonyl (C=O) groups is 1. The lowest BCUT2D eigenvalue weighted by Gasteiger charge is -2.18.